The number of nitrogens with zero attached hydrogens (tertiary/aromatic N) is 1. The number of ether oxygens (including phenoxy) is 1. The lowest BCUT2D eigenvalue weighted by Crippen LogP contribution is -2.24. The SMILES string of the molecule is CCC(C)c1ccc(OCC(=O)NN=Cc2cc(Br)ccc2O)cc1. The van der Waals surface area contributed by atoms with E-state index in [4.69, 9.17) is 4.74 Å². The predicted molar refractivity (Wildman–Crippen MR) is 102 cm³/mol. The number of benzene rings is 2. The van der Waals surface area contributed by atoms with Gasteiger partial charge < -0.3 is 9.84 Å². The molecule has 0 aromatic heterocycles. The fraction of sp³-hybridized carbons (Fsp3) is 0.263. The van der Waals surface area contributed by atoms with Crippen molar-refractivity contribution in [2.24, 2.45) is 5.10 Å². The minimum Gasteiger partial charge on any atom is -0.507 e. The van der Waals surface area contributed by atoms with Crippen molar-refractivity contribution < 1.29 is 14.6 Å². The first-order valence-corrected chi connectivity index (χ1v) is 8.82. The van der Waals surface area contributed by atoms with Crippen LogP contribution in [0.4, 0.5) is 0 Å². The first kappa shape index (κ1) is 19.0. The van der Waals surface area contributed by atoms with Gasteiger partial charge >= 0.3 is 0 Å². The third kappa shape index (κ3) is 5.90. The number of phenolic OH excluding ortho intramolecular Hbond substituents is 1. The van der Waals surface area contributed by atoms with E-state index in [-0.39, 0.29) is 18.3 Å². The summed E-state index contributed by atoms with van der Waals surface area (Å²) in [7, 11) is 0. The van der Waals surface area contributed by atoms with Crippen molar-refractivity contribution in [2.75, 3.05) is 6.61 Å². The lowest BCUT2D eigenvalue weighted by atomic mass is 9.99. The Morgan fingerprint density at radius 3 is 2.72 bits per heavy atom. The Labute approximate surface area is 155 Å². The van der Waals surface area contributed by atoms with Crippen molar-refractivity contribution in [1.29, 1.82) is 0 Å². The van der Waals surface area contributed by atoms with Gasteiger partial charge in [-0.2, -0.15) is 5.10 Å². The molecule has 6 heteroatoms. The maximum Gasteiger partial charge on any atom is 0.277 e. The Balaban J connectivity index is 1.82. The molecule has 0 spiro atoms. The summed E-state index contributed by atoms with van der Waals surface area (Å²) in [4.78, 5) is 11.8. The summed E-state index contributed by atoms with van der Waals surface area (Å²) >= 11 is 3.31. The van der Waals surface area contributed by atoms with E-state index in [1.165, 1.54) is 11.8 Å². The number of carbonyl (C=O) groups is 1. The molecule has 2 aromatic rings. The van der Waals surface area contributed by atoms with Gasteiger partial charge in [-0.25, -0.2) is 5.43 Å². The van der Waals surface area contributed by atoms with Crippen molar-refractivity contribution in [3.8, 4) is 11.5 Å². The topological polar surface area (TPSA) is 70.9 Å². The smallest absolute Gasteiger partial charge is 0.277 e. The standard InChI is InChI=1S/C19H21BrN2O3/c1-3-13(2)14-4-7-17(8-5-14)25-12-19(24)22-21-11-15-10-16(20)6-9-18(15)23/h4-11,13,23H,3,12H2,1-2H3,(H,22,24). The van der Waals surface area contributed by atoms with Crippen molar-refractivity contribution in [3.63, 3.8) is 0 Å². The van der Waals surface area contributed by atoms with E-state index in [0.29, 0.717) is 17.2 Å². The van der Waals surface area contributed by atoms with E-state index >= 15 is 0 Å². The maximum absolute atomic E-state index is 11.8. The average Bonchev–Trinajstić information content (AvgIpc) is 2.62. The molecule has 2 rings (SSSR count). The van der Waals surface area contributed by atoms with Gasteiger partial charge in [-0.15, -0.1) is 0 Å². The van der Waals surface area contributed by atoms with Crippen LogP contribution in [0.5, 0.6) is 11.5 Å². The van der Waals surface area contributed by atoms with Crippen LogP contribution in [-0.4, -0.2) is 23.8 Å². The first-order valence-electron chi connectivity index (χ1n) is 8.02. The number of amides is 1. The summed E-state index contributed by atoms with van der Waals surface area (Å²) in [5.74, 6) is 0.840. The van der Waals surface area contributed by atoms with Crippen molar-refractivity contribution in [3.05, 3.63) is 58.1 Å². The van der Waals surface area contributed by atoms with Gasteiger partial charge in [0, 0.05) is 10.0 Å². The minimum atomic E-state index is -0.378. The molecule has 0 aliphatic heterocycles. The van der Waals surface area contributed by atoms with Crippen molar-refractivity contribution in [2.45, 2.75) is 26.2 Å². The first-order chi connectivity index (χ1) is 12.0. The zero-order valence-electron chi connectivity index (χ0n) is 14.2. The normalized spacial score (nSPS) is 12.1. The van der Waals surface area contributed by atoms with Crippen LogP contribution in [0.3, 0.4) is 0 Å². The number of hydrazone groups is 1. The van der Waals surface area contributed by atoms with E-state index in [1.807, 2.05) is 24.3 Å². The third-order valence-corrected chi connectivity index (χ3v) is 4.31. The molecular formula is C19H21BrN2O3. The molecule has 0 saturated heterocycles. The molecule has 0 bridgehead atoms. The van der Waals surface area contributed by atoms with E-state index in [1.54, 1.807) is 18.2 Å². The van der Waals surface area contributed by atoms with E-state index in [2.05, 4.69) is 40.3 Å². The second-order valence-electron chi connectivity index (χ2n) is 5.66. The Morgan fingerprint density at radius 1 is 1.32 bits per heavy atom. The number of phenols is 1. The van der Waals surface area contributed by atoms with Crippen LogP contribution >= 0.6 is 15.9 Å². The Morgan fingerprint density at radius 2 is 2.04 bits per heavy atom. The van der Waals surface area contributed by atoms with E-state index in [0.717, 1.165) is 10.9 Å². The van der Waals surface area contributed by atoms with Gasteiger partial charge in [-0.1, -0.05) is 41.9 Å². The zero-order valence-corrected chi connectivity index (χ0v) is 15.8. The number of rotatable bonds is 7. The molecule has 1 unspecified atom stereocenters. The second kappa shape index (κ2) is 9.22. The summed E-state index contributed by atoms with van der Waals surface area (Å²) in [5, 5.41) is 13.5. The van der Waals surface area contributed by atoms with E-state index in [9.17, 15) is 9.90 Å². The molecule has 0 saturated carbocycles. The highest BCUT2D eigenvalue weighted by Gasteiger charge is 2.05. The molecule has 5 nitrogen and oxygen atoms in total. The second-order valence-corrected chi connectivity index (χ2v) is 6.58. The Hall–Kier alpha value is -2.34. The van der Waals surface area contributed by atoms with E-state index < -0.39 is 0 Å². The molecule has 2 aromatic carbocycles. The predicted octanol–water partition coefficient (Wildman–Crippen LogP) is 4.20. The number of hydrogen-bond acceptors (Lipinski definition) is 4. The highest BCUT2D eigenvalue weighted by Crippen LogP contribution is 2.21. The van der Waals surface area contributed by atoms with Gasteiger partial charge in [0.15, 0.2) is 6.61 Å². The summed E-state index contributed by atoms with van der Waals surface area (Å²) < 4.78 is 6.25. The van der Waals surface area contributed by atoms with Gasteiger partial charge in [0.05, 0.1) is 6.21 Å². The van der Waals surface area contributed by atoms with Crippen LogP contribution in [0.15, 0.2) is 52.0 Å². The van der Waals surface area contributed by atoms with Crippen LogP contribution in [0.2, 0.25) is 0 Å². The number of carbonyl (C=O) groups excluding carboxylic acids is 1. The summed E-state index contributed by atoms with van der Waals surface area (Å²) in [6.07, 6.45) is 2.45. The van der Waals surface area contributed by atoms with Crippen LogP contribution in [0.25, 0.3) is 0 Å². The number of aromatic hydroxyl groups is 1. The number of nitrogens with one attached hydrogen (secondary N) is 1. The zero-order chi connectivity index (χ0) is 18.2. The van der Waals surface area contributed by atoms with Crippen LogP contribution < -0.4 is 10.2 Å². The molecular weight excluding hydrogens is 384 g/mol. The van der Waals surface area contributed by atoms with Crippen molar-refractivity contribution >= 4 is 28.1 Å². The molecule has 0 aliphatic carbocycles. The van der Waals surface area contributed by atoms with Crippen LogP contribution in [0.1, 0.15) is 37.3 Å². The monoisotopic (exact) mass is 404 g/mol. The van der Waals surface area contributed by atoms with Gasteiger partial charge in [0.1, 0.15) is 11.5 Å². The third-order valence-electron chi connectivity index (χ3n) is 3.81. The maximum atomic E-state index is 11.8. The Bertz CT molecular complexity index is 745. The largest absolute Gasteiger partial charge is 0.507 e. The Kier molecular flexibility index (Phi) is 7.01. The number of halogens is 1. The molecule has 0 fully saturated rings. The minimum absolute atomic E-state index is 0.0823. The summed E-state index contributed by atoms with van der Waals surface area (Å²) in [6.45, 7) is 4.18. The fourth-order valence-electron chi connectivity index (χ4n) is 2.11. The molecule has 1 atom stereocenters. The highest BCUT2D eigenvalue weighted by molar-refractivity contribution is 9.10. The van der Waals surface area contributed by atoms with Crippen molar-refractivity contribution in [1.82, 2.24) is 5.43 Å². The molecule has 2 N–H and O–H groups in total. The van der Waals surface area contributed by atoms with Crippen LogP contribution in [-0.2, 0) is 4.79 Å². The van der Waals surface area contributed by atoms with Gasteiger partial charge in [-0.3, -0.25) is 4.79 Å². The molecule has 132 valence electrons. The summed E-state index contributed by atoms with van der Waals surface area (Å²) in [6, 6.07) is 12.7. The van der Waals surface area contributed by atoms with Gasteiger partial charge in [0.25, 0.3) is 5.91 Å². The van der Waals surface area contributed by atoms with Gasteiger partial charge in [0.2, 0.25) is 0 Å². The lowest BCUT2D eigenvalue weighted by molar-refractivity contribution is -0.123. The highest BCUT2D eigenvalue weighted by atomic mass is 79.9. The van der Waals surface area contributed by atoms with Crippen LogP contribution in [0, 0.1) is 0 Å². The average molecular weight is 405 g/mol. The molecule has 1 amide bonds. The summed E-state index contributed by atoms with van der Waals surface area (Å²) in [5.41, 5.74) is 4.11. The number of hydrogen-bond donors (Lipinski definition) is 2. The molecule has 25 heavy (non-hydrogen) atoms. The molecule has 0 heterocycles. The lowest BCUT2D eigenvalue weighted by Gasteiger charge is -2.10. The fourth-order valence-corrected chi connectivity index (χ4v) is 2.49. The van der Waals surface area contributed by atoms with Gasteiger partial charge in [-0.05, 0) is 48.2 Å². The molecule has 0 radical (unpaired) electrons. The molecule has 0 aliphatic rings. The quantitative estimate of drug-likeness (QED) is 0.536.